The summed E-state index contributed by atoms with van der Waals surface area (Å²) in [6, 6.07) is 16.3. The smallest absolute Gasteiger partial charge is 0.255 e. The van der Waals surface area contributed by atoms with Crippen LogP contribution in [-0.2, 0) is 6.42 Å². The van der Waals surface area contributed by atoms with Gasteiger partial charge in [0.05, 0.1) is 11.3 Å². The number of nitrogens with zero attached hydrogens (tertiary/aromatic N) is 2. The van der Waals surface area contributed by atoms with Gasteiger partial charge in [0.25, 0.3) is 5.91 Å². The molecule has 0 aliphatic heterocycles. The van der Waals surface area contributed by atoms with Crippen LogP contribution in [0.1, 0.15) is 28.9 Å². The number of aromatic nitrogens is 2. The lowest BCUT2D eigenvalue weighted by Gasteiger charge is -2.13. The molecule has 29 heavy (non-hydrogen) atoms. The first-order valence-corrected chi connectivity index (χ1v) is 9.91. The summed E-state index contributed by atoms with van der Waals surface area (Å²) in [6.07, 6.45) is 4.87. The molecule has 2 aromatic heterocycles. The highest BCUT2D eigenvalue weighted by Gasteiger charge is 2.22. The monoisotopic (exact) mass is 388 g/mol. The van der Waals surface area contributed by atoms with Gasteiger partial charge in [-0.1, -0.05) is 6.07 Å². The summed E-state index contributed by atoms with van der Waals surface area (Å²) in [6.45, 7) is 1.33. The van der Waals surface area contributed by atoms with Crippen LogP contribution in [0.15, 0.2) is 60.8 Å². The molecule has 0 saturated heterocycles. The third kappa shape index (κ3) is 5.10. The Hall–Kier alpha value is -3.41. The standard InChI is InChI=1S/C23H24N4O2/c28-19-8-6-17(7-9-19)21-11-10-20(22(27-21)26-15-16-4-5-16)23(29)25-14-12-18-3-1-2-13-24-18/h1-3,6-11,13,16,28H,4-5,12,14-15H2,(H,25,29)(H,26,27). The van der Waals surface area contributed by atoms with E-state index in [9.17, 15) is 9.90 Å². The molecule has 0 atom stereocenters. The van der Waals surface area contributed by atoms with E-state index in [1.807, 2.05) is 36.4 Å². The van der Waals surface area contributed by atoms with Crippen LogP contribution in [0.4, 0.5) is 5.82 Å². The van der Waals surface area contributed by atoms with Crippen molar-refractivity contribution in [2.24, 2.45) is 5.92 Å². The predicted octanol–water partition coefficient (Wildman–Crippen LogP) is 3.64. The molecule has 6 nitrogen and oxygen atoms in total. The molecule has 1 amide bonds. The maximum absolute atomic E-state index is 12.8. The number of amides is 1. The number of carbonyl (C=O) groups excluding carboxylic acids is 1. The van der Waals surface area contributed by atoms with Crippen LogP contribution in [-0.4, -0.2) is 34.1 Å². The SMILES string of the molecule is O=C(NCCc1ccccn1)c1ccc(-c2ccc(O)cc2)nc1NCC1CC1. The van der Waals surface area contributed by atoms with Crippen molar-refractivity contribution in [1.82, 2.24) is 15.3 Å². The number of anilines is 1. The molecule has 6 heteroatoms. The van der Waals surface area contributed by atoms with Crippen LogP contribution in [0.3, 0.4) is 0 Å². The number of phenols is 1. The molecule has 0 spiro atoms. The number of nitrogens with one attached hydrogen (secondary N) is 2. The molecular formula is C23H24N4O2. The van der Waals surface area contributed by atoms with Crippen molar-refractivity contribution in [3.8, 4) is 17.0 Å². The lowest BCUT2D eigenvalue weighted by Crippen LogP contribution is -2.27. The molecule has 0 bridgehead atoms. The number of carbonyl (C=O) groups is 1. The van der Waals surface area contributed by atoms with Gasteiger partial charge in [-0.25, -0.2) is 4.98 Å². The van der Waals surface area contributed by atoms with Crippen LogP contribution in [0.2, 0.25) is 0 Å². The average molecular weight is 388 g/mol. The molecule has 148 valence electrons. The first-order valence-electron chi connectivity index (χ1n) is 9.91. The molecule has 0 radical (unpaired) electrons. The quantitative estimate of drug-likeness (QED) is 0.548. The molecule has 2 heterocycles. The van der Waals surface area contributed by atoms with E-state index in [0.717, 1.165) is 23.5 Å². The highest BCUT2D eigenvalue weighted by molar-refractivity contribution is 5.99. The fourth-order valence-corrected chi connectivity index (χ4v) is 3.08. The first-order chi connectivity index (χ1) is 14.2. The molecule has 0 unspecified atom stereocenters. The second-order valence-electron chi connectivity index (χ2n) is 7.29. The zero-order chi connectivity index (χ0) is 20.1. The number of benzene rings is 1. The van der Waals surface area contributed by atoms with Gasteiger partial charge in [-0.15, -0.1) is 0 Å². The van der Waals surface area contributed by atoms with Gasteiger partial charge in [0.2, 0.25) is 0 Å². The van der Waals surface area contributed by atoms with Crippen molar-refractivity contribution in [2.45, 2.75) is 19.3 Å². The van der Waals surface area contributed by atoms with Gasteiger partial charge >= 0.3 is 0 Å². The molecular weight excluding hydrogens is 364 g/mol. The van der Waals surface area contributed by atoms with Crippen LogP contribution >= 0.6 is 0 Å². The maximum atomic E-state index is 12.8. The third-order valence-electron chi connectivity index (χ3n) is 4.95. The topological polar surface area (TPSA) is 87.1 Å². The molecule has 1 aliphatic carbocycles. The second-order valence-corrected chi connectivity index (χ2v) is 7.29. The van der Waals surface area contributed by atoms with Gasteiger partial charge in [-0.2, -0.15) is 0 Å². The number of rotatable bonds is 8. The lowest BCUT2D eigenvalue weighted by molar-refractivity contribution is 0.0954. The van der Waals surface area contributed by atoms with E-state index in [4.69, 9.17) is 4.98 Å². The van der Waals surface area contributed by atoms with Gasteiger partial charge < -0.3 is 15.7 Å². The summed E-state index contributed by atoms with van der Waals surface area (Å²) in [5.41, 5.74) is 3.13. The maximum Gasteiger partial charge on any atom is 0.255 e. The van der Waals surface area contributed by atoms with Crippen molar-refractivity contribution in [1.29, 1.82) is 0 Å². The highest BCUT2D eigenvalue weighted by Crippen LogP contribution is 2.30. The summed E-state index contributed by atoms with van der Waals surface area (Å²) in [5, 5.41) is 15.8. The predicted molar refractivity (Wildman–Crippen MR) is 113 cm³/mol. The van der Waals surface area contributed by atoms with Crippen molar-refractivity contribution >= 4 is 11.7 Å². The Balaban J connectivity index is 1.49. The molecule has 4 rings (SSSR count). The minimum atomic E-state index is -0.149. The average Bonchev–Trinajstić information content (AvgIpc) is 3.58. The molecule has 1 saturated carbocycles. The fourth-order valence-electron chi connectivity index (χ4n) is 3.08. The number of phenolic OH excluding ortho intramolecular Hbond substituents is 1. The Labute approximate surface area is 170 Å². The second kappa shape index (κ2) is 8.73. The Morgan fingerprint density at radius 1 is 1.07 bits per heavy atom. The van der Waals surface area contributed by atoms with E-state index < -0.39 is 0 Å². The van der Waals surface area contributed by atoms with Gasteiger partial charge in [-0.05, 0) is 67.3 Å². The zero-order valence-corrected chi connectivity index (χ0v) is 16.1. The largest absolute Gasteiger partial charge is 0.508 e. The van der Waals surface area contributed by atoms with E-state index in [1.54, 1.807) is 24.4 Å². The summed E-state index contributed by atoms with van der Waals surface area (Å²) in [7, 11) is 0. The van der Waals surface area contributed by atoms with Crippen LogP contribution in [0.5, 0.6) is 5.75 Å². The van der Waals surface area contributed by atoms with Gasteiger partial charge in [0, 0.05) is 37.0 Å². The molecule has 1 aromatic carbocycles. The Bertz CT molecular complexity index is 970. The Morgan fingerprint density at radius 3 is 2.62 bits per heavy atom. The minimum Gasteiger partial charge on any atom is -0.508 e. The van der Waals surface area contributed by atoms with Crippen molar-refractivity contribution in [3.05, 3.63) is 72.1 Å². The normalized spacial score (nSPS) is 13.1. The van der Waals surface area contributed by atoms with Crippen LogP contribution < -0.4 is 10.6 Å². The number of hydrogen-bond acceptors (Lipinski definition) is 5. The zero-order valence-electron chi connectivity index (χ0n) is 16.1. The van der Waals surface area contributed by atoms with Gasteiger partial charge in [0.15, 0.2) is 0 Å². The van der Waals surface area contributed by atoms with Gasteiger partial charge in [-0.3, -0.25) is 9.78 Å². The summed E-state index contributed by atoms with van der Waals surface area (Å²) in [4.78, 5) is 21.7. The molecule has 1 fully saturated rings. The Kier molecular flexibility index (Phi) is 5.70. The van der Waals surface area contributed by atoms with Crippen molar-refractivity contribution in [3.63, 3.8) is 0 Å². The fraction of sp³-hybridized carbons (Fsp3) is 0.261. The van der Waals surface area contributed by atoms with E-state index in [2.05, 4.69) is 15.6 Å². The van der Waals surface area contributed by atoms with Crippen molar-refractivity contribution < 1.29 is 9.90 Å². The van der Waals surface area contributed by atoms with Gasteiger partial charge in [0.1, 0.15) is 11.6 Å². The summed E-state index contributed by atoms with van der Waals surface area (Å²) in [5.74, 6) is 1.32. The van der Waals surface area contributed by atoms with E-state index in [-0.39, 0.29) is 11.7 Å². The van der Waals surface area contributed by atoms with E-state index in [1.165, 1.54) is 12.8 Å². The molecule has 3 N–H and O–H groups in total. The third-order valence-corrected chi connectivity index (χ3v) is 4.95. The Morgan fingerprint density at radius 2 is 1.90 bits per heavy atom. The summed E-state index contributed by atoms with van der Waals surface area (Å²) >= 11 is 0. The van der Waals surface area contributed by atoms with Crippen LogP contribution in [0, 0.1) is 5.92 Å². The van der Waals surface area contributed by atoms with E-state index in [0.29, 0.717) is 30.3 Å². The molecule has 1 aliphatic rings. The number of hydrogen-bond donors (Lipinski definition) is 3. The summed E-state index contributed by atoms with van der Waals surface area (Å²) < 4.78 is 0. The van der Waals surface area contributed by atoms with E-state index >= 15 is 0 Å². The number of pyridine rings is 2. The minimum absolute atomic E-state index is 0.149. The van der Waals surface area contributed by atoms with Crippen molar-refractivity contribution in [2.75, 3.05) is 18.4 Å². The first kappa shape index (κ1) is 18.9. The number of aromatic hydroxyl groups is 1. The molecule has 3 aromatic rings. The highest BCUT2D eigenvalue weighted by atomic mass is 16.3. The lowest BCUT2D eigenvalue weighted by atomic mass is 10.1. The van der Waals surface area contributed by atoms with Crippen LogP contribution in [0.25, 0.3) is 11.3 Å².